The quantitative estimate of drug-likeness (QED) is 0.469. The predicted octanol–water partition coefficient (Wildman–Crippen LogP) is 3.68. The lowest BCUT2D eigenvalue weighted by Gasteiger charge is -2.37. The summed E-state index contributed by atoms with van der Waals surface area (Å²) in [5, 5.41) is 3.47. The minimum absolute atomic E-state index is 0.0780. The van der Waals surface area contributed by atoms with E-state index in [1.165, 1.54) is 49.7 Å². The molecule has 2 aliphatic rings. The lowest BCUT2D eigenvalue weighted by Crippen LogP contribution is -2.42. The molecule has 1 heterocycles. The van der Waals surface area contributed by atoms with E-state index in [0.29, 0.717) is 18.5 Å². The number of hydrogen-bond acceptors (Lipinski definition) is 3. The van der Waals surface area contributed by atoms with Crippen molar-refractivity contribution in [2.45, 2.75) is 69.7 Å². The number of guanidine groups is 1. The Hall–Kier alpha value is -1.75. The third-order valence-corrected chi connectivity index (χ3v) is 6.14. The maximum Gasteiger partial charge on any atom is 0.188 e. The average molecular weight is 374 g/mol. The molecule has 5 nitrogen and oxygen atoms in total. The van der Waals surface area contributed by atoms with Gasteiger partial charge in [-0.05, 0) is 38.7 Å². The fourth-order valence-electron chi connectivity index (χ4n) is 4.43. The van der Waals surface area contributed by atoms with Crippen LogP contribution >= 0.6 is 0 Å². The number of benzene rings is 1. The van der Waals surface area contributed by atoms with E-state index < -0.39 is 0 Å². The molecule has 0 atom stereocenters. The molecule has 2 fully saturated rings. The van der Waals surface area contributed by atoms with Gasteiger partial charge in [0.25, 0.3) is 0 Å². The maximum absolute atomic E-state index is 6.29. The standard InChI is InChI=1S/C22H35N3O2/c1-17-9-10-20(26-2)19(15-17)22(11-13-27-14-12-22)16-24-21(23)25-18-7-5-3-4-6-8-18/h9-10,15,18H,3-8,11-14,16H2,1-2H3,(H3,23,24,25). The van der Waals surface area contributed by atoms with Crippen LogP contribution in [0.1, 0.15) is 62.5 Å². The summed E-state index contributed by atoms with van der Waals surface area (Å²) in [4.78, 5) is 4.80. The molecule has 0 spiro atoms. The van der Waals surface area contributed by atoms with Crippen LogP contribution in [0.15, 0.2) is 23.2 Å². The second kappa shape index (κ2) is 9.45. The number of aliphatic imine (C=N–C) groups is 1. The van der Waals surface area contributed by atoms with Crippen LogP contribution in [-0.2, 0) is 10.2 Å². The van der Waals surface area contributed by atoms with Crippen molar-refractivity contribution >= 4 is 5.96 Å². The molecule has 1 saturated heterocycles. The Morgan fingerprint density at radius 1 is 1.22 bits per heavy atom. The van der Waals surface area contributed by atoms with E-state index >= 15 is 0 Å². The smallest absolute Gasteiger partial charge is 0.188 e. The SMILES string of the molecule is COc1ccc(C)cc1C1(CN=C(N)NC2CCCCCC2)CCOCC1. The summed E-state index contributed by atoms with van der Waals surface area (Å²) in [6.07, 6.45) is 9.51. The molecule has 1 aliphatic carbocycles. The molecule has 0 radical (unpaired) electrons. The molecule has 5 heteroatoms. The highest BCUT2D eigenvalue weighted by Gasteiger charge is 2.37. The molecule has 0 aromatic heterocycles. The highest BCUT2D eigenvalue weighted by atomic mass is 16.5. The highest BCUT2D eigenvalue weighted by molar-refractivity contribution is 5.78. The molecule has 27 heavy (non-hydrogen) atoms. The molecule has 1 aliphatic heterocycles. The second-order valence-corrected chi connectivity index (χ2v) is 8.13. The summed E-state index contributed by atoms with van der Waals surface area (Å²) >= 11 is 0. The predicted molar refractivity (Wildman–Crippen MR) is 111 cm³/mol. The first-order valence-electron chi connectivity index (χ1n) is 10.4. The van der Waals surface area contributed by atoms with Gasteiger partial charge in [0.15, 0.2) is 5.96 Å². The number of nitrogens with one attached hydrogen (secondary N) is 1. The minimum atomic E-state index is -0.0780. The van der Waals surface area contributed by atoms with Gasteiger partial charge in [0.1, 0.15) is 5.75 Å². The number of ether oxygens (including phenoxy) is 2. The van der Waals surface area contributed by atoms with Crippen molar-refractivity contribution < 1.29 is 9.47 Å². The van der Waals surface area contributed by atoms with E-state index in [1.54, 1.807) is 7.11 Å². The van der Waals surface area contributed by atoms with Crippen molar-refractivity contribution in [3.05, 3.63) is 29.3 Å². The Morgan fingerprint density at radius 2 is 1.93 bits per heavy atom. The van der Waals surface area contributed by atoms with Crippen LogP contribution in [0.4, 0.5) is 0 Å². The van der Waals surface area contributed by atoms with Crippen molar-refractivity contribution in [2.24, 2.45) is 10.7 Å². The Labute approximate surface area is 163 Å². The monoisotopic (exact) mass is 373 g/mol. The van der Waals surface area contributed by atoms with E-state index in [4.69, 9.17) is 20.2 Å². The van der Waals surface area contributed by atoms with Crippen LogP contribution in [-0.4, -0.2) is 38.9 Å². The van der Waals surface area contributed by atoms with Crippen molar-refractivity contribution in [1.82, 2.24) is 5.32 Å². The van der Waals surface area contributed by atoms with Gasteiger partial charge in [-0.1, -0.05) is 43.4 Å². The van der Waals surface area contributed by atoms with Gasteiger partial charge in [0, 0.05) is 30.2 Å². The van der Waals surface area contributed by atoms with Crippen LogP contribution < -0.4 is 15.8 Å². The molecular formula is C22H35N3O2. The fourth-order valence-corrected chi connectivity index (χ4v) is 4.43. The number of nitrogens with two attached hydrogens (primary N) is 1. The van der Waals surface area contributed by atoms with Crippen LogP contribution in [0.3, 0.4) is 0 Å². The van der Waals surface area contributed by atoms with E-state index in [2.05, 4.69) is 30.4 Å². The third kappa shape index (κ3) is 5.16. The molecule has 0 unspecified atom stereocenters. The number of rotatable bonds is 5. The van der Waals surface area contributed by atoms with Crippen molar-refractivity contribution in [3.63, 3.8) is 0 Å². The molecular weight excluding hydrogens is 338 g/mol. The lowest BCUT2D eigenvalue weighted by atomic mass is 9.73. The molecule has 3 N–H and O–H groups in total. The Kier molecular flexibility index (Phi) is 7.00. The number of aryl methyl sites for hydroxylation is 1. The fraction of sp³-hybridized carbons (Fsp3) is 0.682. The summed E-state index contributed by atoms with van der Waals surface area (Å²) < 4.78 is 11.3. The van der Waals surface area contributed by atoms with Crippen LogP contribution in [0.25, 0.3) is 0 Å². The van der Waals surface area contributed by atoms with E-state index in [9.17, 15) is 0 Å². The van der Waals surface area contributed by atoms with Crippen LogP contribution in [0, 0.1) is 6.92 Å². The zero-order chi connectivity index (χ0) is 19.1. The lowest BCUT2D eigenvalue weighted by molar-refractivity contribution is 0.0522. The second-order valence-electron chi connectivity index (χ2n) is 8.13. The summed E-state index contributed by atoms with van der Waals surface area (Å²) in [6, 6.07) is 6.88. The van der Waals surface area contributed by atoms with Gasteiger partial charge in [-0.15, -0.1) is 0 Å². The van der Waals surface area contributed by atoms with Crippen LogP contribution in [0.5, 0.6) is 5.75 Å². The molecule has 1 aromatic rings. The molecule has 0 bridgehead atoms. The average Bonchev–Trinajstić information content (AvgIpc) is 2.96. The molecule has 3 rings (SSSR count). The highest BCUT2D eigenvalue weighted by Crippen LogP contribution is 2.40. The number of nitrogens with zero attached hydrogens (tertiary/aromatic N) is 1. The van der Waals surface area contributed by atoms with E-state index in [0.717, 1.165) is 31.8 Å². The zero-order valence-corrected chi connectivity index (χ0v) is 16.9. The van der Waals surface area contributed by atoms with Gasteiger partial charge in [0.05, 0.1) is 13.7 Å². The zero-order valence-electron chi connectivity index (χ0n) is 16.9. The summed E-state index contributed by atoms with van der Waals surface area (Å²) in [6.45, 7) is 4.30. The van der Waals surface area contributed by atoms with Crippen molar-refractivity contribution in [1.29, 1.82) is 0 Å². The van der Waals surface area contributed by atoms with Crippen molar-refractivity contribution in [2.75, 3.05) is 26.9 Å². The molecule has 1 aromatic carbocycles. The first kappa shape index (κ1) is 20.0. The largest absolute Gasteiger partial charge is 0.496 e. The normalized spacial score (nSPS) is 21.5. The summed E-state index contributed by atoms with van der Waals surface area (Å²) in [5.41, 5.74) is 8.68. The first-order valence-corrected chi connectivity index (χ1v) is 10.4. The first-order chi connectivity index (χ1) is 13.1. The number of methoxy groups -OCH3 is 1. The maximum atomic E-state index is 6.29. The topological polar surface area (TPSA) is 68.9 Å². The van der Waals surface area contributed by atoms with Crippen LogP contribution in [0.2, 0.25) is 0 Å². The Balaban J connectivity index is 1.77. The Morgan fingerprint density at radius 3 is 2.59 bits per heavy atom. The molecule has 1 saturated carbocycles. The summed E-state index contributed by atoms with van der Waals surface area (Å²) in [5.74, 6) is 1.52. The van der Waals surface area contributed by atoms with Gasteiger partial charge in [0.2, 0.25) is 0 Å². The third-order valence-electron chi connectivity index (χ3n) is 6.14. The summed E-state index contributed by atoms with van der Waals surface area (Å²) in [7, 11) is 1.74. The van der Waals surface area contributed by atoms with Gasteiger partial charge in [-0.3, -0.25) is 4.99 Å². The van der Waals surface area contributed by atoms with E-state index in [-0.39, 0.29) is 5.41 Å². The molecule has 0 amide bonds. The van der Waals surface area contributed by atoms with Gasteiger partial charge < -0.3 is 20.5 Å². The van der Waals surface area contributed by atoms with Crippen molar-refractivity contribution in [3.8, 4) is 5.75 Å². The Bertz CT molecular complexity index is 630. The van der Waals surface area contributed by atoms with Gasteiger partial charge in [-0.2, -0.15) is 0 Å². The van der Waals surface area contributed by atoms with Gasteiger partial charge in [-0.25, -0.2) is 0 Å². The van der Waals surface area contributed by atoms with E-state index in [1.807, 2.05) is 0 Å². The van der Waals surface area contributed by atoms with Gasteiger partial charge >= 0.3 is 0 Å². The minimum Gasteiger partial charge on any atom is -0.496 e. The number of hydrogen-bond donors (Lipinski definition) is 2. The molecule has 150 valence electrons.